The maximum atomic E-state index is 10.4. The highest BCUT2D eigenvalue weighted by molar-refractivity contribution is 6.16. The van der Waals surface area contributed by atoms with Crippen LogP contribution in [0, 0.1) is 0 Å². The Bertz CT molecular complexity index is 5420. The van der Waals surface area contributed by atoms with Crippen molar-refractivity contribution in [3.63, 3.8) is 0 Å². The number of nitrogens with zero attached hydrogens (tertiary/aromatic N) is 3. The van der Waals surface area contributed by atoms with Crippen LogP contribution in [0.25, 0.3) is 105 Å². The van der Waals surface area contributed by atoms with Crippen LogP contribution < -0.4 is 0 Å². The lowest BCUT2D eigenvalue weighted by atomic mass is 10.0. The molecule has 0 saturated heterocycles. The van der Waals surface area contributed by atoms with E-state index in [1.165, 1.54) is 0 Å². The van der Waals surface area contributed by atoms with Gasteiger partial charge in [0.2, 0.25) is 0 Å². The standard InChI is InChI=1S/C54H35N3/c1-2-13-36(14-3-1)37-25-27-38(28-26-37)39-29-31-40(32-30-39)55-48-20-8-4-17-44(48)46-34-33-41(35-53(46)55)56-49-21-9-7-18-45(49)47-19-12-24-52(54(47)56)57-50-22-10-5-15-42(50)43-16-6-11-23-51(43)57/h1-35H/i1D,2D,3D,4D,5D,6D,7D,8D,9D,10D,11D,12D,13D,14D,15D,16D,17D,18D,19D,20D,21D,22D,23D,24D,25D,26D,27D,28D,29D,30D,31D,32D,33D,34D,35D. The summed E-state index contributed by atoms with van der Waals surface area (Å²) in [7, 11) is 0. The maximum absolute atomic E-state index is 10.4. The predicted molar refractivity (Wildman–Crippen MR) is 240 cm³/mol. The minimum atomic E-state index is -1.21. The zero-order valence-corrected chi connectivity index (χ0v) is 28.3. The highest BCUT2D eigenvalue weighted by Crippen LogP contribution is 2.41. The highest BCUT2D eigenvalue weighted by Gasteiger charge is 2.21. The van der Waals surface area contributed by atoms with Crippen molar-refractivity contribution in [2.75, 3.05) is 0 Å². The van der Waals surface area contributed by atoms with E-state index in [9.17, 15) is 21.9 Å². The van der Waals surface area contributed by atoms with Crippen LogP contribution in [0.15, 0.2) is 211 Å². The molecule has 3 heteroatoms. The van der Waals surface area contributed by atoms with Crippen LogP contribution in [-0.4, -0.2) is 13.7 Å². The zero-order chi connectivity index (χ0) is 67.9. The van der Waals surface area contributed by atoms with Crippen LogP contribution in [-0.2, 0) is 0 Å². The molecule has 57 heavy (non-hydrogen) atoms. The fourth-order valence-electron chi connectivity index (χ4n) is 6.90. The molecular formula is C54H35N3. The monoisotopic (exact) mass is 761 g/mol. The summed E-state index contributed by atoms with van der Waals surface area (Å²) < 4.78 is 322. The second-order valence-corrected chi connectivity index (χ2v) is 12.3. The van der Waals surface area contributed by atoms with E-state index in [1.807, 2.05) is 0 Å². The van der Waals surface area contributed by atoms with Crippen LogP contribution in [0.2, 0.25) is 0 Å². The molecule has 9 aromatic carbocycles. The lowest BCUT2D eigenvalue weighted by Crippen LogP contribution is -2.01. The highest BCUT2D eigenvalue weighted by atomic mass is 15.1. The van der Waals surface area contributed by atoms with Gasteiger partial charge in [-0.1, -0.05) is 157 Å². The molecule has 0 saturated carbocycles. The predicted octanol–water partition coefficient (Wildman–Crippen LogP) is 14.3. The first-order chi connectivity index (χ1) is 42.9. The molecule has 3 nitrogen and oxygen atoms in total. The molecule has 0 aliphatic heterocycles. The number of hydrogen-bond donors (Lipinski definition) is 0. The molecule has 0 amide bonds. The Kier molecular flexibility index (Phi) is 2.78. The molecule has 0 bridgehead atoms. The van der Waals surface area contributed by atoms with Gasteiger partial charge in [-0.05, 0) is 76.6 Å². The molecule has 12 rings (SSSR count). The molecule has 12 aromatic rings. The van der Waals surface area contributed by atoms with Crippen molar-refractivity contribution in [3.8, 4) is 39.3 Å². The maximum Gasteiger partial charge on any atom is 0.0782 e. The molecule has 0 aliphatic rings. The van der Waals surface area contributed by atoms with Gasteiger partial charge in [0.1, 0.15) is 0 Å². The van der Waals surface area contributed by atoms with Gasteiger partial charge in [0.25, 0.3) is 0 Å². The summed E-state index contributed by atoms with van der Waals surface area (Å²) in [6.45, 7) is 0. The van der Waals surface area contributed by atoms with E-state index in [-0.39, 0.29) is 0 Å². The molecule has 0 spiro atoms. The Balaban J connectivity index is 1.31. The number of fused-ring (bicyclic) bond motifs is 9. The Morgan fingerprint density at radius 2 is 0.667 bits per heavy atom. The van der Waals surface area contributed by atoms with Crippen molar-refractivity contribution in [1.29, 1.82) is 0 Å². The van der Waals surface area contributed by atoms with E-state index < -0.39 is 316 Å². The minimum absolute atomic E-state index is 0.574. The molecule has 0 fully saturated rings. The lowest BCUT2D eigenvalue weighted by Gasteiger charge is -2.15. The summed E-state index contributed by atoms with van der Waals surface area (Å²) in [5.74, 6) is 0. The second-order valence-electron chi connectivity index (χ2n) is 12.3. The third kappa shape index (κ3) is 4.79. The molecule has 266 valence electrons. The Morgan fingerprint density at radius 1 is 0.263 bits per heavy atom. The Morgan fingerprint density at radius 3 is 1.25 bits per heavy atom. The molecule has 0 N–H and O–H groups in total. The fourth-order valence-corrected chi connectivity index (χ4v) is 6.90. The van der Waals surface area contributed by atoms with Crippen LogP contribution >= 0.6 is 0 Å². The number of hydrogen-bond acceptors (Lipinski definition) is 0. The Labute approximate surface area is 378 Å². The van der Waals surface area contributed by atoms with Gasteiger partial charge < -0.3 is 13.7 Å². The van der Waals surface area contributed by atoms with Crippen LogP contribution in [0.4, 0.5) is 0 Å². The molecule has 3 aromatic heterocycles. The first-order valence-corrected chi connectivity index (χ1v) is 16.8. The smallest absolute Gasteiger partial charge is 0.0782 e. The first-order valence-electron chi connectivity index (χ1n) is 34.3. The molecule has 0 unspecified atom stereocenters. The van der Waals surface area contributed by atoms with Gasteiger partial charge in [-0.15, -0.1) is 0 Å². The van der Waals surface area contributed by atoms with E-state index in [0.717, 1.165) is 4.57 Å². The molecule has 0 aliphatic carbocycles. The van der Waals surface area contributed by atoms with Gasteiger partial charge >= 0.3 is 0 Å². The SMILES string of the molecule is [2H]c1c([2H])c([2H])c(-c2c([2H])c([2H])c(-c3c([2H])c([2H])c(-n4c5c([2H])c([2H])c([2H])c([2H])c5c5c([2H])c([2H])c(-n6c7c([2H])c([2H])c([2H])c([2H])c7c7c([2H])c([2H])c([2H])c(-n8c9c([2H])c([2H])c([2H])c([2H])c9c9c([2H])c([2H])c([2H])c([2H])c98)c76)c([2H])c54)c([2H])c3[2H])c([2H])c2[2H])c([2H])c1[2H]. The Hall–Kier alpha value is -7.62. The number of rotatable bonds is 5. The summed E-state index contributed by atoms with van der Waals surface area (Å²) in [6.07, 6.45) is 0. The zero-order valence-electron chi connectivity index (χ0n) is 63.3. The average Bonchev–Trinajstić information content (AvgIpc) is 1.51. The topological polar surface area (TPSA) is 14.8 Å². The fraction of sp³-hybridized carbons (Fsp3) is 0. The third-order valence-electron chi connectivity index (χ3n) is 9.28. The van der Waals surface area contributed by atoms with E-state index in [1.54, 1.807) is 0 Å². The quantitative estimate of drug-likeness (QED) is 0.166. The third-order valence-corrected chi connectivity index (χ3v) is 9.28. The van der Waals surface area contributed by atoms with E-state index in [4.69, 9.17) is 26.0 Å². The lowest BCUT2D eigenvalue weighted by molar-refractivity contribution is 1.13. The number of para-hydroxylation sites is 5. The molecular weight excluding hydrogens is 691 g/mol. The van der Waals surface area contributed by atoms with Gasteiger partial charge in [0, 0.05) is 43.7 Å². The van der Waals surface area contributed by atoms with E-state index >= 15 is 0 Å². The number of benzene rings is 9. The summed E-state index contributed by atoms with van der Waals surface area (Å²) in [5.41, 5.74) is -11.0. The van der Waals surface area contributed by atoms with Crippen molar-refractivity contribution in [2.45, 2.75) is 0 Å². The minimum Gasteiger partial charge on any atom is -0.309 e. The van der Waals surface area contributed by atoms with Crippen LogP contribution in [0.1, 0.15) is 48.0 Å². The van der Waals surface area contributed by atoms with Crippen molar-refractivity contribution in [3.05, 3.63) is 211 Å². The van der Waals surface area contributed by atoms with Gasteiger partial charge in [0.15, 0.2) is 0 Å². The van der Waals surface area contributed by atoms with Gasteiger partial charge in [-0.2, -0.15) is 0 Å². The molecule has 3 heterocycles. The molecule has 0 atom stereocenters. The summed E-state index contributed by atoms with van der Waals surface area (Å²) in [4.78, 5) is 0. The van der Waals surface area contributed by atoms with Crippen molar-refractivity contribution in [2.24, 2.45) is 0 Å². The van der Waals surface area contributed by atoms with Crippen LogP contribution in [0.3, 0.4) is 0 Å². The van der Waals surface area contributed by atoms with E-state index in [0.29, 0.717) is 9.13 Å². The normalized spacial score (nSPS) is 20.5. The van der Waals surface area contributed by atoms with Crippen molar-refractivity contribution < 1.29 is 48.0 Å². The second kappa shape index (κ2) is 12.5. The van der Waals surface area contributed by atoms with Gasteiger partial charge in [-0.25, -0.2) is 0 Å². The number of aromatic nitrogens is 3. The summed E-state index contributed by atoms with van der Waals surface area (Å²) in [5, 5.41) is -3.97. The van der Waals surface area contributed by atoms with Gasteiger partial charge in [-0.3, -0.25) is 0 Å². The summed E-state index contributed by atoms with van der Waals surface area (Å²) in [6, 6.07) is -35.5. The van der Waals surface area contributed by atoms with Gasteiger partial charge in [0.05, 0.1) is 86.8 Å². The summed E-state index contributed by atoms with van der Waals surface area (Å²) >= 11 is 0. The van der Waals surface area contributed by atoms with Crippen molar-refractivity contribution >= 4 is 65.4 Å². The first kappa shape index (κ1) is 12.7. The van der Waals surface area contributed by atoms with Crippen molar-refractivity contribution in [1.82, 2.24) is 13.7 Å². The molecule has 0 radical (unpaired) electrons. The van der Waals surface area contributed by atoms with Crippen LogP contribution in [0.5, 0.6) is 0 Å². The average molecular weight is 761 g/mol. The largest absolute Gasteiger partial charge is 0.309 e. The van der Waals surface area contributed by atoms with E-state index in [2.05, 4.69) is 0 Å².